The fraction of sp³-hybridized carbons (Fsp3) is 0. The summed E-state index contributed by atoms with van der Waals surface area (Å²) in [5, 5.41) is 4.76. The SMILES string of the molecule is c1ccc(-n2c3ccccc3c3cc(-c4ccc(-c5cccc6oc7c8ccccc8n(-c8ccccc8)c7c56)cc4)ccc32)cc1. The van der Waals surface area contributed by atoms with E-state index in [1.54, 1.807) is 0 Å². The van der Waals surface area contributed by atoms with Crippen LogP contribution in [0, 0.1) is 0 Å². The molecule has 0 aliphatic carbocycles. The molecule has 10 aromatic rings. The summed E-state index contributed by atoms with van der Waals surface area (Å²) in [5.74, 6) is 0. The number of hydrogen-bond acceptors (Lipinski definition) is 1. The van der Waals surface area contributed by atoms with Gasteiger partial charge in [-0.15, -0.1) is 0 Å². The van der Waals surface area contributed by atoms with Crippen LogP contribution in [-0.4, -0.2) is 9.13 Å². The van der Waals surface area contributed by atoms with Gasteiger partial charge in [0.25, 0.3) is 0 Å². The Balaban J connectivity index is 1.13. The minimum Gasteiger partial charge on any atom is -0.454 e. The molecule has 0 unspecified atom stereocenters. The Labute approximate surface area is 271 Å². The van der Waals surface area contributed by atoms with Gasteiger partial charge in [-0.05, 0) is 82.9 Å². The normalized spacial score (nSPS) is 11.8. The number of para-hydroxylation sites is 4. The second-order valence-corrected chi connectivity index (χ2v) is 12.1. The molecule has 0 radical (unpaired) electrons. The predicted molar refractivity (Wildman–Crippen MR) is 196 cm³/mol. The zero-order valence-electron chi connectivity index (χ0n) is 25.5. The molecule has 10 rings (SSSR count). The molecule has 220 valence electrons. The van der Waals surface area contributed by atoms with Crippen LogP contribution in [0.15, 0.2) is 174 Å². The van der Waals surface area contributed by atoms with E-state index < -0.39 is 0 Å². The third kappa shape index (κ3) is 3.87. The number of fused-ring (bicyclic) bond motifs is 8. The summed E-state index contributed by atoms with van der Waals surface area (Å²) in [6, 6.07) is 60.6. The summed E-state index contributed by atoms with van der Waals surface area (Å²) in [5.41, 5.74) is 13.5. The van der Waals surface area contributed by atoms with Crippen LogP contribution in [0.3, 0.4) is 0 Å². The molecule has 3 aromatic heterocycles. The molecule has 0 saturated heterocycles. The number of rotatable bonds is 4. The second kappa shape index (κ2) is 10.1. The van der Waals surface area contributed by atoms with E-state index in [0.717, 1.165) is 49.8 Å². The standard InChI is InChI=1S/C44H28N2O/c1-3-12-32(13-4-1)45-38-19-9-7-16-35(38)37-28-31(26-27-40(37)45)29-22-24-30(25-23-29)34-18-11-21-41-42(34)43-44(47-41)36-17-8-10-20-39(36)46(43)33-14-5-2-6-15-33/h1-28H. The van der Waals surface area contributed by atoms with Crippen LogP contribution in [0.5, 0.6) is 0 Å². The summed E-state index contributed by atoms with van der Waals surface area (Å²) in [4.78, 5) is 0. The zero-order chi connectivity index (χ0) is 30.9. The molecule has 0 spiro atoms. The maximum absolute atomic E-state index is 6.61. The van der Waals surface area contributed by atoms with E-state index in [-0.39, 0.29) is 0 Å². The van der Waals surface area contributed by atoms with Crippen molar-refractivity contribution in [1.82, 2.24) is 9.13 Å². The minimum absolute atomic E-state index is 0.896. The number of aromatic nitrogens is 2. The fourth-order valence-electron chi connectivity index (χ4n) is 7.44. The van der Waals surface area contributed by atoms with Gasteiger partial charge in [0.05, 0.1) is 21.9 Å². The Morgan fingerprint density at radius 2 is 0.957 bits per heavy atom. The van der Waals surface area contributed by atoms with Crippen molar-refractivity contribution in [2.45, 2.75) is 0 Å². The smallest absolute Gasteiger partial charge is 0.161 e. The molecule has 3 nitrogen and oxygen atoms in total. The molecule has 0 saturated carbocycles. The van der Waals surface area contributed by atoms with E-state index in [4.69, 9.17) is 4.42 Å². The van der Waals surface area contributed by atoms with E-state index in [1.807, 2.05) is 0 Å². The molecule has 0 aliphatic rings. The van der Waals surface area contributed by atoms with Gasteiger partial charge in [0, 0.05) is 27.5 Å². The lowest BCUT2D eigenvalue weighted by molar-refractivity contribution is 0.673. The van der Waals surface area contributed by atoms with Gasteiger partial charge >= 0.3 is 0 Å². The van der Waals surface area contributed by atoms with Crippen molar-refractivity contribution in [2.24, 2.45) is 0 Å². The first-order valence-electron chi connectivity index (χ1n) is 16.0. The van der Waals surface area contributed by atoms with Gasteiger partial charge in [-0.25, -0.2) is 0 Å². The summed E-state index contributed by atoms with van der Waals surface area (Å²) in [6.45, 7) is 0. The van der Waals surface area contributed by atoms with Crippen LogP contribution >= 0.6 is 0 Å². The van der Waals surface area contributed by atoms with Crippen molar-refractivity contribution in [3.8, 4) is 33.6 Å². The first kappa shape index (κ1) is 26.0. The summed E-state index contributed by atoms with van der Waals surface area (Å²) in [7, 11) is 0. The number of hydrogen-bond donors (Lipinski definition) is 0. The molecule has 7 aromatic carbocycles. The highest BCUT2D eigenvalue weighted by Crippen LogP contribution is 2.43. The van der Waals surface area contributed by atoms with Gasteiger partial charge in [-0.2, -0.15) is 0 Å². The van der Waals surface area contributed by atoms with Crippen molar-refractivity contribution in [3.63, 3.8) is 0 Å². The van der Waals surface area contributed by atoms with Crippen LogP contribution in [0.2, 0.25) is 0 Å². The Morgan fingerprint density at radius 1 is 0.383 bits per heavy atom. The van der Waals surface area contributed by atoms with E-state index in [1.165, 1.54) is 38.6 Å². The van der Waals surface area contributed by atoms with E-state index in [2.05, 4.69) is 179 Å². The summed E-state index contributed by atoms with van der Waals surface area (Å²) >= 11 is 0. The lowest BCUT2D eigenvalue weighted by Gasteiger charge is -2.10. The van der Waals surface area contributed by atoms with Crippen LogP contribution in [0.25, 0.3) is 88.4 Å². The van der Waals surface area contributed by atoms with Crippen LogP contribution in [0.1, 0.15) is 0 Å². The highest BCUT2D eigenvalue weighted by atomic mass is 16.3. The van der Waals surface area contributed by atoms with Gasteiger partial charge in [0.2, 0.25) is 0 Å². The highest BCUT2D eigenvalue weighted by molar-refractivity contribution is 6.20. The lowest BCUT2D eigenvalue weighted by atomic mass is 9.97. The van der Waals surface area contributed by atoms with E-state index in [9.17, 15) is 0 Å². The number of nitrogens with zero attached hydrogens (tertiary/aromatic N) is 2. The predicted octanol–water partition coefficient (Wildman–Crippen LogP) is 12.0. The highest BCUT2D eigenvalue weighted by Gasteiger charge is 2.21. The van der Waals surface area contributed by atoms with Gasteiger partial charge in [0.1, 0.15) is 11.1 Å². The third-order valence-electron chi connectivity index (χ3n) is 9.53. The average Bonchev–Trinajstić information content (AvgIpc) is 3.79. The van der Waals surface area contributed by atoms with Gasteiger partial charge < -0.3 is 13.6 Å². The van der Waals surface area contributed by atoms with E-state index in [0.29, 0.717) is 0 Å². The van der Waals surface area contributed by atoms with Gasteiger partial charge in [-0.3, -0.25) is 0 Å². The van der Waals surface area contributed by atoms with Crippen molar-refractivity contribution in [3.05, 3.63) is 170 Å². The minimum atomic E-state index is 0.896. The molecule has 0 fully saturated rings. The summed E-state index contributed by atoms with van der Waals surface area (Å²) < 4.78 is 11.3. The topological polar surface area (TPSA) is 23.0 Å². The Morgan fingerprint density at radius 3 is 1.70 bits per heavy atom. The molecular formula is C44H28N2O. The second-order valence-electron chi connectivity index (χ2n) is 12.1. The van der Waals surface area contributed by atoms with Crippen molar-refractivity contribution >= 4 is 54.8 Å². The number of furan rings is 1. The fourth-order valence-corrected chi connectivity index (χ4v) is 7.44. The first-order valence-corrected chi connectivity index (χ1v) is 16.0. The molecule has 3 heteroatoms. The quantitative estimate of drug-likeness (QED) is 0.197. The molecule has 0 amide bonds. The van der Waals surface area contributed by atoms with Crippen LogP contribution in [-0.2, 0) is 0 Å². The van der Waals surface area contributed by atoms with Crippen LogP contribution in [0.4, 0.5) is 0 Å². The van der Waals surface area contributed by atoms with Gasteiger partial charge in [-0.1, -0.05) is 109 Å². The first-order chi connectivity index (χ1) is 23.3. The van der Waals surface area contributed by atoms with E-state index >= 15 is 0 Å². The molecule has 47 heavy (non-hydrogen) atoms. The molecular weight excluding hydrogens is 572 g/mol. The van der Waals surface area contributed by atoms with Gasteiger partial charge in [0.15, 0.2) is 5.58 Å². The zero-order valence-corrected chi connectivity index (χ0v) is 25.5. The molecule has 0 N–H and O–H groups in total. The Hall–Kier alpha value is -6.32. The Bertz CT molecular complexity index is 2760. The molecule has 0 atom stereocenters. The maximum atomic E-state index is 6.61. The largest absolute Gasteiger partial charge is 0.454 e. The van der Waals surface area contributed by atoms with Crippen molar-refractivity contribution in [1.29, 1.82) is 0 Å². The monoisotopic (exact) mass is 600 g/mol. The summed E-state index contributed by atoms with van der Waals surface area (Å²) in [6.07, 6.45) is 0. The molecule has 0 bridgehead atoms. The Kier molecular flexibility index (Phi) is 5.57. The average molecular weight is 601 g/mol. The molecule has 0 aliphatic heterocycles. The van der Waals surface area contributed by atoms with Crippen molar-refractivity contribution < 1.29 is 4.42 Å². The third-order valence-corrected chi connectivity index (χ3v) is 9.53. The van der Waals surface area contributed by atoms with Crippen molar-refractivity contribution in [2.75, 3.05) is 0 Å². The molecule has 3 heterocycles. The number of benzene rings is 7. The lowest BCUT2D eigenvalue weighted by Crippen LogP contribution is -1.93. The maximum Gasteiger partial charge on any atom is 0.161 e. The van der Waals surface area contributed by atoms with Crippen LogP contribution < -0.4 is 0 Å².